The van der Waals surface area contributed by atoms with E-state index >= 15 is 0 Å². The van der Waals surface area contributed by atoms with Crippen LogP contribution in [0.5, 0.6) is 5.88 Å². The second kappa shape index (κ2) is 7.75. The largest absolute Gasteiger partial charge is 0.481 e. The molecule has 1 fully saturated rings. The highest BCUT2D eigenvalue weighted by molar-refractivity contribution is 5.95. The summed E-state index contributed by atoms with van der Waals surface area (Å²) >= 11 is 0. The quantitative estimate of drug-likeness (QED) is 0.848. The van der Waals surface area contributed by atoms with Crippen molar-refractivity contribution in [2.24, 2.45) is 0 Å². The van der Waals surface area contributed by atoms with E-state index < -0.39 is 0 Å². The van der Waals surface area contributed by atoms with Crippen molar-refractivity contribution in [2.75, 3.05) is 38.2 Å². The first-order chi connectivity index (χ1) is 11.8. The molecular weight excluding hydrogens is 302 g/mol. The molecule has 24 heavy (non-hydrogen) atoms. The summed E-state index contributed by atoms with van der Waals surface area (Å²) in [5, 5.41) is 0. The Morgan fingerprint density at radius 2 is 2.04 bits per heavy atom. The molecule has 1 amide bonds. The zero-order valence-electron chi connectivity index (χ0n) is 13.8. The first-order valence-corrected chi connectivity index (χ1v) is 8.00. The summed E-state index contributed by atoms with van der Waals surface area (Å²) in [6.07, 6.45) is 5.86. The summed E-state index contributed by atoms with van der Waals surface area (Å²) in [5.41, 5.74) is 2.01. The van der Waals surface area contributed by atoms with Crippen LogP contribution in [0.4, 0.5) is 5.69 Å². The highest BCUT2D eigenvalue weighted by atomic mass is 16.5. The Labute approximate surface area is 142 Å². The second-order valence-corrected chi connectivity index (χ2v) is 5.65. The number of benzene rings is 1. The van der Waals surface area contributed by atoms with Gasteiger partial charge >= 0.3 is 0 Å². The number of carbonyl (C=O) groups is 1. The summed E-state index contributed by atoms with van der Waals surface area (Å²) < 4.78 is 5.13. The van der Waals surface area contributed by atoms with Gasteiger partial charge < -0.3 is 9.64 Å². The smallest absolute Gasteiger partial charge is 0.241 e. The molecule has 0 N–H and O–H groups in total. The first kappa shape index (κ1) is 16.2. The zero-order valence-corrected chi connectivity index (χ0v) is 13.8. The van der Waals surface area contributed by atoms with E-state index in [2.05, 4.69) is 34.2 Å². The van der Waals surface area contributed by atoms with Gasteiger partial charge in [-0.2, -0.15) is 0 Å². The van der Waals surface area contributed by atoms with Crippen molar-refractivity contribution < 1.29 is 9.53 Å². The molecule has 1 aliphatic rings. The lowest BCUT2D eigenvalue weighted by atomic mass is 10.2. The van der Waals surface area contributed by atoms with E-state index in [1.165, 1.54) is 5.56 Å². The molecule has 124 valence electrons. The van der Waals surface area contributed by atoms with Gasteiger partial charge in [-0.1, -0.05) is 42.5 Å². The number of carbonyl (C=O) groups excluding carboxylic acids is 1. The fourth-order valence-electron chi connectivity index (χ4n) is 2.73. The van der Waals surface area contributed by atoms with E-state index in [1.54, 1.807) is 24.3 Å². The van der Waals surface area contributed by atoms with Crippen LogP contribution in [0.1, 0.15) is 5.56 Å². The van der Waals surface area contributed by atoms with E-state index in [1.807, 2.05) is 24.3 Å². The molecular formula is C19H21N3O2. The lowest BCUT2D eigenvalue weighted by molar-refractivity contribution is -0.121. The molecule has 0 radical (unpaired) electrons. The van der Waals surface area contributed by atoms with Crippen LogP contribution in [-0.2, 0) is 4.79 Å². The van der Waals surface area contributed by atoms with E-state index in [9.17, 15) is 4.79 Å². The molecule has 0 saturated carbocycles. The van der Waals surface area contributed by atoms with E-state index in [4.69, 9.17) is 4.74 Å². The number of hydrogen-bond donors (Lipinski definition) is 0. The Kier molecular flexibility index (Phi) is 5.23. The lowest BCUT2D eigenvalue weighted by Gasteiger charge is -2.33. The Hall–Kier alpha value is -2.66. The van der Waals surface area contributed by atoms with Gasteiger partial charge in [0, 0.05) is 31.9 Å². The standard InChI is InChI=1S/C19H21N3O2/c1-24-18-14-17(9-10-20-18)22-13-12-21(15-19(22)23)11-5-8-16-6-3-2-4-7-16/h2-10,14H,11-13,15H2,1H3/b8-5+. The van der Waals surface area contributed by atoms with Crippen LogP contribution in [0.25, 0.3) is 6.08 Å². The Morgan fingerprint density at radius 1 is 1.21 bits per heavy atom. The number of nitrogens with zero attached hydrogens (tertiary/aromatic N) is 3. The number of ether oxygens (including phenoxy) is 1. The maximum absolute atomic E-state index is 12.4. The van der Waals surface area contributed by atoms with Crippen molar-refractivity contribution in [3.05, 3.63) is 60.3 Å². The predicted molar refractivity (Wildman–Crippen MR) is 95.1 cm³/mol. The van der Waals surface area contributed by atoms with Gasteiger partial charge in [0.25, 0.3) is 0 Å². The second-order valence-electron chi connectivity index (χ2n) is 5.65. The van der Waals surface area contributed by atoms with Gasteiger partial charge in [0.1, 0.15) is 0 Å². The number of hydrogen-bond acceptors (Lipinski definition) is 4. The fraction of sp³-hybridized carbons (Fsp3) is 0.263. The molecule has 2 heterocycles. The molecule has 0 bridgehead atoms. The average molecular weight is 323 g/mol. The number of anilines is 1. The maximum atomic E-state index is 12.4. The summed E-state index contributed by atoms with van der Waals surface area (Å²) in [5.74, 6) is 0.621. The average Bonchev–Trinajstić information content (AvgIpc) is 2.63. The highest BCUT2D eigenvalue weighted by Crippen LogP contribution is 2.20. The number of methoxy groups -OCH3 is 1. The summed E-state index contributed by atoms with van der Waals surface area (Å²) in [6, 6.07) is 13.8. The Balaban J connectivity index is 1.57. The van der Waals surface area contributed by atoms with Crippen molar-refractivity contribution in [1.82, 2.24) is 9.88 Å². The van der Waals surface area contributed by atoms with Crippen molar-refractivity contribution in [3.8, 4) is 5.88 Å². The summed E-state index contributed by atoms with van der Waals surface area (Å²) in [7, 11) is 1.57. The first-order valence-electron chi connectivity index (χ1n) is 8.00. The number of aromatic nitrogens is 1. The molecule has 1 aromatic carbocycles. The third-order valence-corrected chi connectivity index (χ3v) is 4.01. The summed E-state index contributed by atoms with van der Waals surface area (Å²) in [4.78, 5) is 20.5. The molecule has 1 aliphatic heterocycles. The molecule has 1 aromatic heterocycles. The molecule has 5 nitrogen and oxygen atoms in total. The molecule has 0 atom stereocenters. The van der Waals surface area contributed by atoms with Crippen LogP contribution in [0.15, 0.2) is 54.7 Å². The van der Waals surface area contributed by atoms with Gasteiger partial charge in [-0.3, -0.25) is 9.69 Å². The minimum atomic E-state index is 0.0996. The molecule has 2 aromatic rings. The van der Waals surface area contributed by atoms with Gasteiger partial charge in [-0.05, 0) is 11.6 Å². The third kappa shape index (κ3) is 4.00. The fourth-order valence-corrected chi connectivity index (χ4v) is 2.73. The molecule has 0 unspecified atom stereocenters. The molecule has 1 saturated heterocycles. The van der Waals surface area contributed by atoms with Gasteiger partial charge in [0.15, 0.2) is 0 Å². The van der Waals surface area contributed by atoms with Gasteiger partial charge in [-0.15, -0.1) is 0 Å². The molecule has 0 spiro atoms. The van der Waals surface area contributed by atoms with E-state index in [0.29, 0.717) is 19.0 Å². The monoisotopic (exact) mass is 323 g/mol. The van der Waals surface area contributed by atoms with Gasteiger partial charge in [0.05, 0.1) is 19.3 Å². The molecule has 0 aliphatic carbocycles. The van der Waals surface area contributed by atoms with Crippen LogP contribution in [-0.4, -0.2) is 49.1 Å². The minimum Gasteiger partial charge on any atom is -0.481 e. The lowest BCUT2D eigenvalue weighted by Crippen LogP contribution is -2.50. The SMILES string of the molecule is COc1cc(N2CCN(C/C=C/c3ccccc3)CC2=O)ccn1. The van der Waals surface area contributed by atoms with Gasteiger partial charge in [-0.25, -0.2) is 4.98 Å². The van der Waals surface area contributed by atoms with Crippen molar-refractivity contribution in [1.29, 1.82) is 0 Å². The molecule has 3 rings (SSSR count). The number of rotatable bonds is 5. The van der Waals surface area contributed by atoms with Crippen LogP contribution < -0.4 is 9.64 Å². The van der Waals surface area contributed by atoms with Crippen LogP contribution in [0.2, 0.25) is 0 Å². The highest BCUT2D eigenvalue weighted by Gasteiger charge is 2.24. The van der Waals surface area contributed by atoms with Crippen LogP contribution >= 0.6 is 0 Å². The number of pyridine rings is 1. The number of amides is 1. The van der Waals surface area contributed by atoms with E-state index in [-0.39, 0.29) is 5.91 Å². The number of piperazine rings is 1. The Bertz CT molecular complexity index is 716. The van der Waals surface area contributed by atoms with Crippen molar-refractivity contribution in [3.63, 3.8) is 0 Å². The predicted octanol–water partition coefficient (Wildman–Crippen LogP) is 2.45. The normalized spacial score (nSPS) is 15.9. The van der Waals surface area contributed by atoms with E-state index in [0.717, 1.165) is 18.8 Å². The van der Waals surface area contributed by atoms with Crippen molar-refractivity contribution in [2.45, 2.75) is 0 Å². The topological polar surface area (TPSA) is 45.7 Å². The van der Waals surface area contributed by atoms with Crippen LogP contribution in [0, 0.1) is 0 Å². The summed E-state index contributed by atoms with van der Waals surface area (Å²) in [6.45, 7) is 2.71. The van der Waals surface area contributed by atoms with Gasteiger partial charge in [0.2, 0.25) is 11.8 Å². The van der Waals surface area contributed by atoms with Crippen molar-refractivity contribution >= 4 is 17.7 Å². The Morgan fingerprint density at radius 3 is 2.79 bits per heavy atom. The third-order valence-electron chi connectivity index (χ3n) is 4.01. The van der Waals surface area contributed by atoms with Crippen LogP contribution in [0.3, 0.4) is 0 Å². The minimum absolute atomic E-state index is 0.0996. The maximum Gasteiger partial charge on any atom is 0.241 e. The molecule has 5 heteroatoms. The zero-order chi connectivity index (χ0) is 16.8.